The van der Waals surface area contributed by atoms with Gasteiger partial charge in [-0.05, 0) is 6.07 Å². The van der Waals surface area contributed by atoms with E-state index in [-0.39, 0.29) is 18.1 Å². The van der Waals surface area contributed by atoms with Gasteiger partial charge in [-0.15, -0.1) is 11.3 Å². The highest BCUT2D eigenvalue weighted by Gasteiger charge is 2.34. The summed E-state index contributed by atoms with van der Waals surface area (Å²) in [4.78, 5) is 14.3. The number of amides is 1. The van der Waals surface area contributed by atoms with Gasteiger partial charge in [0.25, 0.3) is 5.91 Å². The van der Waals surface area contributed by atoms with E-state index in [9.17, 15) is 4.79 Å². The molecule has 1 aromatic rings. The van der Waals surface area contributed by atoms with E-state index >= 15 is 0 Å². The number of nitrogens with zero attached hydrogens (tertiary/aromatic N) is 1. The van der Waals surface area contributed by atoms with Gasteiger partial charge < -0.3 is 25.4 Å². The lowest BCUT2D eigenvalue weighted by Crippen LogP contribution is -2.27. The Morgan fingerprint density at radius 3 is 2.47 bits per heavy atom. The predicted octanol–water partition coefficient (Wildman–Crippen LogP) is 0.540. The molecule has 2 atom stereocenters. The van der Waals surface area contributed by atoms with Gasteiger partial charge >= 0.3 is 0 Å². The lowest BCUT2D eigenvalue weighted by molar-refractivity contribution is -0.00461. The minimum atomic E-state index is -0.153. The third-order valence-electron chi connectivity index (χ3n) is 3.31. The Morgan fingerprint density at radius 1 is 1.42 bits per heavy atom. The summed E-state index contributed by atoms with van der Waals surface area (Å²) in [5.74, 6) is -0.153. The average Bonchev–Trinajstić information content (AvgIpc) is 3.00. The van der Waals surface area contributed by atoms with Crippen molar-refractivity contribution in [2.75, 3.05) is 45.0 Å². The number of anilines is 2. The number of nitrogen functional groups attached to an aromatic ring is 1. The molecule has 2 unspecified atom stereocenters. The molecule has 2 heterocycles. The maximum Gasteiger partial charge on any atom is 0.263 e. The number of carbonyl (C=O) groups excluding carboxylic acids is 1. The Kier molecular flexibility index (Phi) is 4.28. The molecule has 1 saturated heterocycles. The number of hydrogen-bond acceptors (Lipinski definition) is 6. The molecule has 6 nitrogen and oxygen atoms in total. The van der Waals surface area contributed by atoms with Gasteiger partial charge in [0, 0.05) is 34.4 Å². The van der Waals surface area contributed by atoms with Gasteiger partial charge in [0.1, 0.15) is 17.1 Å². The number of nitrogens with one attached hydrogen (secondary N) is 1. The van der Waals surface area contributed by atoms with Gasteiger partial charge in [0.2, 0.25) is 0 Å². The Labute approximate surface area is 116 Å². The van der Waals surface area contributed by atoms with E-state index < -0.39 is 0 Å². The zero-order valence-electron chi connectivity index (χ0n) is 11.3. The molecule has 0 spiro atoms. The first-order valence-corrected chi connectivity index (χ1v) is 6.84. The maximum atomic E-state index is 11.7. The van der Waals surface area contributed by atoms with Crippen molar-refractivity contribution in [2.24, 2.45) is 0 Å². The fourth-order valence-electron chi connectivity index (χ4n) is 2.22. The largest absolute Gasteiger partial charge is 0.397 e. The third-order valence-corrected chi connectivity index (χ3v) is 4.52. The van der Waals surface area contributed by atoms with Gasteiger partial charge in [-0.3, -0.25) is 4.79 Å². The van der Waals surface area contributed by atoms with Crippen molar-refractivity contribution in [2.45, 2.75) is 12.2 Å². The van der Waals surface area contributed by atoms with Crippen LogP contribution in [0.25, 0.3) is 0 Å². The van der Waals surface area contributed by atoms with Crippen molar-refractivity contribution < 1.29 is 14.3 Å². The van der Waals surface area contributed by atoms with Crippen LogP contribution < -0.4 is 16.0 Å². The first-order chi connectivity index (χ1) is 9.10. The molecule has 0 aromatic carbocycles. The molecule has 0 radical (unpaired) electrons. The number of methoxy groups -OCH3 is 2. The molecule has 0 saturated carbocycles. The average molecular weight is 285 g/mol. The Balaban J connectivity index is 2.17. The molecule has 0 bridgehead atoms. The Hall–Kier alpha value is -1.31. The summed E-state index contributed by atoms with van der Waals surface area (Å²) in [5.41, 5.74) is 6.39. The second kappa shape index (κ2) is 5.77. The van der Waals surface area contributed by atoms with Gasteiger partial charge in [-0.2, -0.15) is 0 Å². The number of carbonyl (C=O) groups is 1. The van der Waals surface area contributed by atoms with E-state index in [1.54, 1.807) is 21.3 Å². The van der Waals surface area contributed by atoms with Gasteiger partial charge in [0.15, 0.2) is 0 Å². The smallest absolute Gasteiger partial charge is 0.263 e. The van der Waals surface area contributed by atoms with Crippen molar-refractivity contribution >= 4 is 27.9 Å². The van der Waals surface area contributed by atoms with E-state index in [4.69, 9.17) is 15.2 Å². The predicted molar refractivity (Wildman–Crippen MR) is 75.9 cm³/mol. The van der Waals surface area contributed by atoms with Crippen LogP contribution in [0, 0.1) is 0 Å². The zero-order valence-corrected chi connectivity index (χ0v) is 12.1. The summed E-state index contributed by atoms with van der Waals surface area (Å²) >= 11 is 1.39. The van der Waals surface area contributed by atoms with Crippen LogP contribution in [0.2, 0.25) is 0 Å². The highest BCUT2D eigenvalue weighted by Crippen LogP contribution is 2.34. The van der Waals surface area contributed by atoms with E-state index in [2.05, 4.69) is 10.2 Å². The number of rotatable bonds is 4. The molecule has 1 aliphatic rings. The summed E-state index contributed by atoms with van der Waals surface area (Å²) in [7, 11) is 4.96. The third kappa shape index (κ3) is 2.68. The van der Waals surface area contributed by atoms with Crippen LogP contribution >= 0.6 is 11.3 Å². The molecule has 3 N–H and O–H groups in total. The van der Waals surface area contributed by atoms with Crippen molar-refractivity contribution in [3.63, 3.8) is 0 Å². The number of hydrogen-bond donors (Lipinski definition) is 2. The van der Waals surface area contributed by atoms with E-state index in [0.29, 0.717) is 10.6 Å². The van der Waals surface area contributed by atoms with Gasteiger partial charge in [-0.25, -0.2) is 0 Å². The number of thiophene rings is 1. The quantitative estimate of drug-likeness (QED) is 0.844. The number of nitrogens with two attached hydrogens (primary N) is 1. The van der Waals surface area contributed by atoms with E-state index in [1.807, 2.05) is 6.07 Å². The monoisotopic (exact) mass is 285 g/mol. The molecule has 106 valence electrons. The molecule has 1 amide bonds. The molecule has 0 aliphatic carbocycles. The van der Waals surface area contributed by atoms with Crippen molar-refractivity contribution in [1.82, 2.24) is 5.32 Å². The fraction of sp³-hybridized carbons (Fsp3) is 0.583. The normalized spacial score (nSPS) is 22.8. The Morgan fingerprint density at radius 2 is 2.00 bits per heavy atom. The van der Waals surface area contributed by atoms with Crippen LogP contribution in [0.1, 0.15) is 9.67 Å². The van der Waals surface area contributed by atoms with E-state index in [0.717, 1.165) is 18.1 Å². The molecule has 19 heavy (non-hydrogen) atoms. The lowest BCUT2D eigenvalue weighted by atomic mass is 10.3. The molecule has 1 aromatic heterocycles. The zero-order chi connectivity index (χ0) is 14.0. The fourth-order valence-corrected chi connectivity index (χ4v) is 3.26. The van der Waals surface area contributed by atoms with Crippen LogP contribution in [0.4, 0.5) is 10.7 Å². The number of ether oxygens (including phenoxy) is 2. The summed E-state index contributed by atoms with van der Waals surface area (Å²) in [6.07, 6.45) is 0.0774. The van der Waals surface area contributed by atoms with Gasteiger partial charge in [0.05, 0.1) is 10.7 Å². The van der Waals surface area contributed by atoms with Crippen molar-refractivity contribution in [3.05, 3.63) is 10.9 Å². The van der Waals surface area contributed by atoms with Crippen LogP contribution in [0.5, 0.6) is 0 Å². The standard InChI is InChI=1S/C12H19N3O3S/c1-14-12(16)11-7(13)4-10(19-11)15-5-8(17-2)9(6-15)18-3/h4,8-9H,5-6,13H2,1-3H3,(H,14,16). The summed E-state index contributed by atoms with van der Waals surface area (Å²) < 4.78 is 10.8. The van der Waals surface area contributed by atoms with Crippen molar-refractivity contribution in [1.29, 1.82) is 0 Å². The molecule has 7 heteroatoms. The molecular formula is C12H19N3O3S. The highest BCUT2D eigenvalue weighted by molar-refractivity contribution is 7.18. The first-order valence-electron chi connectivity index (χ1n) is 6.02. The minimum absolute atomic E-state index is 0.0387. The van der Waals surface area contributed by atoms with E-state index in [1.165, 1.54) is 11.3 Å². The minimum Gasteiger partial charge on any atom is -0.397 e. The van der Waals surface area contributed by atoms with Crippen LogP contribution in [0.15, 0.2) is 6.07 Å². The highest BCUT2D eigenvalue weighted by atomic mass is 32.1. The lowest BCUT2D eigenvalue weighted by Gasteiger charge is -2.14. The van der Waals surface area contributed by atoms with Crippen LogP contribution in [0.3, 0.4) is 0 Å². The van der Waals surface area contributed by atoms with Crippen LogP contribution in [-0.4, -0.2) is 52.5 Å². The summed E-state index contributed by atoms with van der Waals surface area (Å²) in [6, 6.07) is 1.83. The first kappa shape index (κ1) is 14.1. The second-order valence-corrected chi connectivity index (χ2v) is 5.43. The Bertz CT molecular complexity index is 451. The second-order valence-electron chi connectivity index (χ2n) is 4.40. The summed E-state index contributed by atoms with van der Waals surface area (Å²) in [5, 5.41) is 3.56. The molecule has 2 rings (SSSR count). The molecule has 1 fully saturated rings. The SMILES string of the molecule is CNC(=O)c1sc(N2CC(OC)C(OC)C2)cc1N. The summed E-state index contributed by atoms with van der Waals surface area (Å²) in [6.45, 7) is 1.48. The maximum absolute atomic E-state index is 11.7. The molecular weight excluding hydrogens is 266 g/mol. The van der Waals surface area contributed by atoms with Crippen LogP contribution in [-0.2, 0) is 9.47 Å². The van der Waals surface area contributed by atoms with Gasteiger partial charge in [-0.1, -0.05) is 0 Å². The molecule has 1 aliphatic heterocycles. The topological polar surface area (TPSA) is 76.8 Å². The van der Waals surface area contributed by atoms with Crippen molar-refractivity contribution in [3.8, 4) is 0 Å².